The van der Waals surface area contributed by atoms with Gasteiger partial charge in [0.2, 0.25) is 0 Å². The van der Waals surface area contributed by atoms with Crippen LogP contribution in [-0.2, 0) is 0 Å². The van der Waals surface area contributed by atoms with Crippen LogP contribution in [0.25, 0.3) is 22.2 Å². The average Bonchev–Trinajstić information content (AvgIpc) is 2.69. The molecular formula is C25H28N2O. The van der Waals surface area contributed by atoms with Crippen molar-refractivity contribution in [3.05, 3.63) is 64.7 Å². The van der Waals surface area contributed by atoms with Crippen LogP contribution < -0.4 is 0 Å². The highest BCUT2D eigenvalue weighted by Gasteiger charge is 2.28. The average molecular weight is 373 g/mol. The molecule has 1 aliphatic rings. The summed E-state index contributed by atoms with van der Waals surface area (Å²) in [6, 6.07) is 14.8. The van der Waals surface area contributed by atoms with E-state index in [0.717, 1.165) is 52.7 Å². The van der Waals surface area contributed by atoms with Crippen molar-refractivity contribution >= 4 is 16.8 Å². The maximum Gasteiger partial charge on any atom is 0.255 e. The minimum Gasteiger partial charge on any atom is -0.336 e. The van der Waals surface area contributed by atoms with Gasteiger partial charge in [0, 0.05) is 23.5 Å². The highest BCUT2D eigenvalue weighted by molar-refractivity contribution is 6.09. The fourth-order valence-corrected chi connectivity index (χ4v) is 4.38. The van der Waals surface area contributed by atoms with Gasteiger partial charge in [-0.05, 0) is 70.2 Å². The molecule has 28 heavy (non-hydrogen) atoms. The monoisotopic (exact) mass is 372 g/mol. The first-order chi connectivity index (χ1) is 13.5. The number of nitrogens with zero attached hydrogens (tertiary/aromatic N) is 2. The fraction of sp³-hybridized carbons (Fsp3) is 0.360. The first kappa shape index (κ1) is 18.7. The quantitative estimate of drug-likeness (QED) is 0.566. The number of rotatable bonds is 2. The van der Waals surface area contributed by atoms with Crippen LogP contribution in [-0.4, -0.2) is 28.4 Å². The van der Waals surface area contributed by atoms with Crippen molar-refractivity contribution in [3.63, 3.8) is 0 Å². The molecule has 3 heteroatoms. The SMILES string of the molecule is Cc1ccc(C)c(-c2nc3ccccc3c(C(=O)N3CCCC[C@@H]3C)c2C)c1. The van der Waals surface area contributed by atoms with Gasteiger partial charge in [-0.25, -0.2) is 4.98 Å². The van der Waals surface area contributed by atoms with Crippen LogP contribution in [0.4, 0.5) is 0 Å². The molecule has 0 spiro atoms. The minimum atomic E-state index is 0.148. The number of fused-ring (bicyclic) bond motifs is 1. The molecule has 1 aliphatic heterocycles. The van der Waals surface area contributed by atoms with E-state index >= 15 is 0 Å². The van der Waals surface area contributed by atoms with Crippen LogP contribution in [0.2, 0.25) is 0 Å². The Hall–Kier alpha value is -2.68. The number of aryl methyl sites for hydroxylation is 2. The number of hydrogen-bond donors (Lipinski definition) is 0. The maximum atomic E-state index is 13.7. The molecule has 4 rings (SSSR count). The molecule has 0 radical (unpaired) electrons. The smallest absolute Gasteiger partial charge is 0.255 e. The molecule has 3 nitrogen and oxygen atoms in total. The number of benzene rings is 2. The van der Waals surface area contributed by atoms with Crippen molar-refractivity contribution < 1.29 is 4.79 Å². The number of para-hydroxylation sites is 1. The van der Waals surface area contributed by atoms with E-state index in [0.29, 0.717) is 0 Å². The fourth-order valence-electron chi connectivity index (χ4n) is 4.38. The second-order valence-corrected chi connectivity index (χ2v) is 8.14. The van der Waals surface area contributed by atoms with E-state index in [9.17, 15) is 4.79 Å². The maximum absolute atomic E-state index is 13.7. The van der Waals surface area contributed by atoms with Gasteiger partial charge in [-0.1, -0.05) is 35.9 Å². The van der Waals surface area contributed by atoms with E-state index in [4.69, 9.17) is 4.98 Å². The Morgan fingerprint density at radius 1 is 1.07 bits per heavy atom. The van der Waals surface area contributed by atoms with E-state index in [2.05, 4.69) is 50.8 Å². The van der Waals surface area contributed by atoms with E-state index in [1.165, 1.54) is 17.5 Å². The molecule has 144 valence electrons. The molecule has 1 amide bonds. The Kier molecular flexibility index (Phi) is 4.92. The lowest BCUT2D eigenvalue weighted by atomic mass is 9.93. The number of hydrogen-bond acceptors (Lipinski definition) is 2. The van der Waals surface area contributed by atoms with E-state index in [1.54, 1.807) is 0 Å². The molecule has 0 saturated carbocycles. The van der Waals surface area contributed by atoms with Crippen LogP contribution in [0, 0.1) is 20.8 Å². The van der Waals surface area contributed by atoms with Gasteiger partial charge in [0.1, 0.15) is 0 Å². The summed E-state index contributed by atoms with van der Waals surface area (Å²) >= 11 is 0. The standard InChI is InChI=1S/C25H28N2O/c1-16-12-13-17(2)21(15-16)24-19(4)23(20-10-5-6-11-22(20)26-24)25(28)27-14-8-7-9-18(27)3/h5-6,10-13,15,18H,7-9,14H2,1-4H3/t18-/m0/s1. The van der Waals surface area contributed by atoms with Crippen LogP contribution in [0.15, 0.2) is 42.5 Å². The van der Waals surface area contributed by atoms with E-state index in [-0.39, 0.29) is 11.9 Å². The number of aromatic nitrogens is 1. The number of amides is 1. The Balaban J connectivity index is 1.96. The third kappa shape index (κ3) is 3.19. The summed E-state index contributed by atoms with van der Waals surface area (Å²) in [5.74, 6) is 0.148. The number of pyridine rings is 1. The van der Waals surface area contributed by atoms with Gasteiger partial charge in [0.05, 0.1) is 16.8 Å². The normalized spacial score (nSPS) is 17.1. The summed E-state index contributed by atoms with van der Waals surface area (Å²) in [4.78, 5) is 20.7. The molecule has 3 aromatic rings. The summed E-state index contributed by atoms with van der Waals surface area (Å²) in [5.41, 5.74) is 7.10. The summed E-state index contributed by atoms with van der Waals surface area (Å²) in [7, 11) is 0. The third-order valence-electron chi connectivity index (χ3n) is 6.06. The molecule has 2 aromatic carbocycles. The van der Waals surface area contributed by atoms with E-state index < -0.39 is 0 Å². The van der Waals surface area contributed by atoms with Crippen molar-refractivity contribution in [1.29, 1.82) is 0 Å². The molecule has 0 aliphatic carbocycles. The van der Waals surface area contributed by atoms with Crippen LogP contribution in [0.1, 0.15) is 53.2 Å². The number of likely N-dealkylation sites (tertiary alicyclic amines) is 1. The third-order valence-corrected chi connectivity index (χ3v) is 6.06. The lowest BCUT2D eigenvalue weighted by molar-refractivity contribution is 0.0637. The molecule has 0 bridgehead atoms. The van der Waals surface area contributed by atoms with Gasteiger partial charge in [-0.2, -0.15) is 0 Å². The Labute approximate surface area is 167 Å². The van der Waals surface area contributed by atoms with Gasteiger partial charge in [0.25, 0.3) is 5.91 Å². The summed E-state index contributed by atoms with van der Waals surface area (Å²) in [6.07, 6.45) is 3.37. The lowest BCUT2D eigenvalue weighted by Gasteiger charge is -2.34. The molecular weight excluding hydrogens is 344 g/mol. The molecule has 0 N–H and O–H groups in total. The molecule has 2 heterocycles. The van der Waals surface area contributed by atoms with E-state index in [1.807, 2.05) is 24.3 Å². The van der Waals surface area contributed by atoms with Crippen LogP contribution >= 0.6 is 0 Å². The van der Waals surface area contributed by atoms with Gasteiger partial charge in [-0.15, -0.1) is 0 Å². The largest absolute Gasteiger partial charge is 0.336 e. The summed E-state index contributed by atoms with van der Waals surface area (Å²) in [5, 5.41) is 0.955. The number of carbonyl (C=O) groups is 1. The molecule has 1 aromatic heterocycles. The Bertz CT molecular complexity index is 1050. The van der Waals surface area contributed by atoms with Crippen molar-refractivity contribution in [2.24, 2.45) is 0 Å². The molecule has 0 unspecified atom stereocenters. The second-order valence-electron chi connectivity index (χ2n) is 8.14. The van der Waals surface area contributed by atoms with Gasteiger partial charge in [-0.3, -0.25) is 4.79 Å². The topological polar surface area (TPSA) is 33.2 Å². The predicted octanol–water partition coefficient (Wildman–Crippen LogP) is 5.84. The zero-order chi connectivity index (χ0) is 19.8. The molecule has 1 atom stereocenters. The Morgan fingerprint density at radius 3 is 2.64 bits per heavy atom. The van der Waals surface area contributed by atoms with Gasteiger partial charge in [0.15, 0.2) is 0 Å². The predicted molar refractivity (Wildman–Crippen MR) is 116 cm³/mol. The lowest BCUT2D eigenvalue weighted by Crippen LogP contribution is -2.42. The van der Waals surface area contributed by atoms with Crippen molar-refractivity contribution in [3.8, 4) is 11.3 Å². The number of carbonyl (C=O) groups excluding carboxylic acids is 1. The van der Waals surface area contributed by atoms with Crippen LogP contribution in [0.5, 0.6) is 0 Å². The highest BCUT2D eigenvalue weighted by Crippen LogP contribution is 2.33. The first-order valence-electron chi connectivity index (χ1n) is 10.3. The molecule has 1 saturated heterocycles. The Morgan fingerprint density at radius 2 is 1.86 bits per heavy atom. The van der Waals surface area contributed by atoms with Crippen molar-refractivity contribution in [2.75, 3.05) is 6.54 Å². The zero-order valence-corrected chi connectivity index (χ0v) is 17.2. The van der Waals surface area contributed by atoms with Gasteiger partial charge >= 0.3 is 0 Å². The van der Waals surface area contributed by atoms with Gasteiger partial charge < -0.3 is 4.90 Å². The second kappa shape index (κ2) is 7.38. The number of piperidine rings is 1. The summed E-state index contributed by atoms with van der Waals surface area (Å²) in [6.45, 7) is 9.27. The summed E-state index contributed by atoms with van der Waals surface area (Å²) < 4.78 is 0. The van der Waals surface area contributed by atoms with Crippen molar-refractivity contribution in [1.82, 2.24) is 9.88 Å². The van der Waals surface area contributed by atoms with Crippen LogP contribution in [0.3, 0.4) is 0 Å². The minimum absolute atomic E-state index is 0.148. The molecule has 1 fully saturated rings. The highest BCUT2D eigenvalue weighted by atomic mass is 16.2. The first-order valence-corrected chi connectivity index (χ1v) is 10.3. The zero-order valence-electron chi connectivity index (χ0n) is 17.2. The van der Waals surface area contributed by atoms with Crippen molar-refractivity contribution in [2.45, 2.75) is 53.0 Å².